The first-order chi connectivity index (χ1) is 12.6. The van der Waals surface area contributed by atoms with Crippen LogP contribution in [0.4, 0.5) is 0 Å². The van der Waals surface area contributed by atoms with E-state index in [1.165, 1.54) is 11.8 Å². The van der Waals surface area contributed by atoms with Crippen molar-refractivity contribution in [2.24, 2.45) is 0 Å². The van der Waals surface area contributed by atoms with E-state index < -0.39 is 5.25 Å². The minimum Gasteiger partial charge on any atom is -0.465 e. The number of thioether (sulfide) groups is 1. The number of ether oxygens (including phenoxy) is 2. The van der Waals surface area contributed by atoms with Gasteiger partial charge in [-0.1, -0.05) is 62.6 Å². The van der Waals surface area contributed by atoms with Crippen molar-refractivity contribution in [3.8, 4) is 0 Å². The topological polar surface area (TPSA) is 52.6 Å². The first-order valence-corrected chi connectivity index (χ1v) is 10.3. The van der Waals surface area contributed by atoms with Gasteiger partial charge in [-0.25, -0.2) is 4.79 Å². The van der Waals surface area contributed by atoms with E-state index >= 15 is 0 Å². The Kier molecular flexibility index (Phi) is 8.75. The van der Waals surface area contributed by atoms with E-state index in [-0.39, 0.29) is 17.2 Å². The van der Waals surface area contributed by atoms with Crippen LogP contribution in [-0.4, -0.2) is 30.4 Å². The lowest BCUT2D eigenvalue weighted by Crippen LogP contribution is -2.21. The SMILES string of the molecule is C=C1C(=O)OCCCCCCCCOC(=O)C(C)SC1c1ccccc1. The first kappa shape index (κ1) is 20.6. The summed E-state index contributed by atoms with van der Waals surface area (Å²) in [6.07, 6.45) is 6.07. The van der Waals surface area contributed by atoms with Crippen molar-refractivity contribution in [2.45, 2.75) is 55.9 Å². The first-order valence-electron chi connectivity index (χ1n) is 9.32. The van der Waals surface area contributed by atoms with Crippen LogP contribution in [0, 0.1) is 0 Å². The number of carbonyl (C=O) groups is 2. The molecule has 0 amide bonds. The van der Waals surface area contributed by atoms with E-state index in [0.717, 1.165) is 44.1 Å². The molecule has 0 radical (unpaired) electrons. The molecule has 0 saturated carbocycles. The predicted octanol–water partition coefficient (Wildman–Crippen LogP) is 4.85. The third-order valence-corrected chi connectivity index (χ3v) is 5.80. The molecule has 1 aliphatic rings. The molecule has 1 aromatic rings. The van der Waals surface area contributed by atoms with E-state index in [1.807, 2.05) is 37.3 Å². The van der Waals surface area contributed by atoms with Crippen molar-refractivity contribution in [3.05, 3.63) is 48.0 Å². The van der Waals surface area contributed by atoms with Crippen LogP contribution in [-0.2, 0) is 19.1 Å². The standard InChI is InChI=1S/C21H28O4S/c1-16-19(18-12-8-7-9-13-18)26-17(2)21(23)25-15-11-6-4-3-5-10-14-24-20(16)22/h7-9,12-13,17,19H,1,3-6,10-11,14-15H2,2H3. The van der Waals surface area contributed by atoms with Crippen LogP contribution in [0.25, 0.3) is 0 Å². The van der Waals surface area contributed by atoms with Crippen molar-refractivity contribution in [3.63, 3.8) is 0 Å². The molecule has 4 nitrogen and oxygen atoms in total. The highest BCUT2D eigenvalue weighted by Crippen LogP contribution is 2.38. The van der Waals surface area contributed by atoms with E-state index in [9.17, 15) is 9.59 Å². The van der Waals surface area contributed by atoms with Crippen LogP contribution >= 0.6 is 11.8 Å². The zero-order valence-electron chi connectivity index (χ0n) is 15.4. The van der Waals surface area contributed by atoms with Gasteiger partial charge >= 0.3 is 11.9 Å². The minimum absolute atomic E-state index is 0.246. The molecular weight excluding hydrogens is 348 g/mol. The van der Waals surface area contributed by atoms with E-state index in [2.05, 4.69) is 6.58 Å². The van der Waals surface area contributed by atoms with Gasteiger partial charge in [-0.2, -0.15) is 0 Å². The Bertz CT molecular complexity index is 599. The molecule has 1 fully saturated rings. The zero-order valence-corrected chi connectivity index (χ0v) is 16.3. The highest BCUT2D eigenvalue weighted by Gasteiger charge is 2.28. The Hall–Kier alpha value is -1.75. The van der Waals surface area contributed by atoms with Gasteiger partial charge in [0.15, 0.2) is 0 Å². The number of rotatable bonds is 1. The maximum absolute atomic E-state index is 12.4. The second-order valence-electron chi connectivity index (χ2n) is 6.52. The van der Waals surface area contributed by atoms with Gasteiger partial charge in [0.2, 0.25) is 0 Å². The maximum atomic E-state index is 12.4. The molecule has 0 N–H and O–H groups in total. The Morgan fingerprint density at radius 1 is 0.923 bits per heavy atom. The molecule has 1 aliphatic heterocycles. The van der Waals surface area contributed by atoms with Crippen molar-refractivity contribution in [1.29, 1.82) is 0 Å². The Labute approximate surface area is 160 Å². The van der Waals surface area contributed by atoms with Gasteiger partial charge in [-0.3, -0.25) is 4.79 Å². The summed E-state index contributed by atoms with van der Waals surface area (Å²) in [5.41, 5.74) is 1.30. The van der Waals surface area contributed by atoms with Gasteiger partial charge < -0.3 is 9.47 Å². The van der Waals surface area contributed by atoms with Gasteiger partial charge in [0.05, 0.1) is 18.5 Å². The van der Waals surface area contributed by atoms with Gasteiger partial charge in [-0.05, 0) is 25.3 Å². The van der Waals surface area contributed by atoms with Crippen LogP contribution in [0.3, 0.4) is 0 Å². The normalized spacial score (nSPS) is 24.6. The molecule has 2 rings (SSSR count). The second kappa shape index (κ2) is 11.1. The average molecular weight is 377 g/mol. The fraction of sp³-hybridized carbons (Fsp3) is 0.524. The van der Waals surface area contributed by atoms with Crippen LogP contribution < -0.4 is 0 Å². The lowest BCUT2D eigenvalue weighted by atomic mass is 10.1. The summed E-state index contributed by atoms with van der Waals surface area (Å²) >= 11 is 1.38. The summed E-state index contributed by atoms with van der Waals surface area (Å²) in [7, 11) is 0. The molecule has 2 unspecified atom stereocenters. The Balaban J connectivity index is 2.14. The molecule has 0 aromatic heterocycles. The molecule has 0 aliphatic carbocycles. The van der Waals surface area contributed by atoms with Gasteiger partial charge in [0, 0.05) is 5.57 Å². The quantitative estimate of drug-likeness (QED) is 0.518. The van der Waals surface area contributed by atoms with E-state index in [1.54, 1.807) is 0 Å². The summed E-state index contributed by atoms with van der Waals surface area (Å²) in [6.45, 7) is 6.66. The lowest BCUT2D eigenvalue weighted by Gasteiger charge is -2.22. The largest absolute Gasteiger partial charge is 0.465 e. The van der Waals surface area contributed by atoms with Crippen molar-refractivity contribution < 1.29 is 19.1 Å². The van der Waals surface area contributed by atoms with Crippen LogP contribution in [0.15, 0.2) is 42.5 Å². The molecule has 0 bridgehead atoms. The van der Waals surface area contributed by atoms with Crippen molar-refractivity contribution in [2.75, 3.05) is 13.2 Å². The molecule has 0 spiro atoms. The van der Waals surface area contributed by atoms with Gasteiger partial charge in [0.1, 0.15) is 5.25 Å². The Morgan fingerprint density at radius 2 is 1.50 bits per heavy atom. The summed E-state index contributed by atoms with van der Waals surface area (Å²) in [4.78, 5) is 24.7. The highest BCUT2D eigenvalue weighted by atomic mass is 32.2. The zero-order chi connectivity index (χ0) is 18.8. The molecule has 26 heavy (non-hydrogen) atoms. The summed E-state index contributed by atoms with van der Waals surface area (Å²) < 4.78 is 10.8. The van der Waals surface area contributed by atoms with Gasteiger partial charge in [-0.15, -0.1) is 11.8 Å². The Morgan fingerprint density at radius 3 is 2.15 bits per heavy atom. The van der Waals surface area contributed by atoms with Gasteiger partial charge in [0.25, 0.3) is 0 Å². The third kappa shape index (κ3) is 6.52. The number of hydrogen-bond donors (Lipinski definition) is 0. The minimum atomic E-state index is -0.391. The van der Waals surface area contributed by atoms with Crippen molar-refractivity contribution in [1.82, 2.24) is 0 Å². The van der Waals surface area contributed by atoms with Crippen LogP contribution in [0.1, 0.15) is 56.3 Å². The molecule has 142 valence electrons. The number of carbonyl (C=O) groups excluding carboxylic acids is 2. The number of benzene rings is 1. The monoisotopic (exact) mass is 376 g/mol. The average Bonchev–Trinajstić information content (AvgIpc) is 2.66. The summed E-state index contributed by atoms with van der Waals surface area (Å²) in [5, 5.41) is -0.725. The molecule has 1 saturated heterocycles. The highest BCUT2D eigenvalue weighted by molar-refractivity contribution is 8.01. The molecule has 1 aromatic carbocycles. The smallest absolute Gasteiger partial charge is 0.334 e. The second-order valence-corrected chi connectivity index (χ2v) is 7.97. The lowest BCUT2D eigenvalue weighted by molar-refractivity contribution is -0.143. The third-order valence-electron chi connectivity index (χ3n) is 4.37. The van der Waals surface area contributed by atoms with Crippen molar-refractivity contribution >= 4 is 23.7 Å². The molecule has 1 heterocycles. The van der Waals surface area contributed by atoms with Crippen LogP contribution in [0.2, 0.25) is 0 Å². The maximum Gasteiger partial charge on any atom is 0.334 e. The van der Waals surface area contributed by atoms with E-state index in [4.69, 9.17) is 9.47 Å². The summed E-state index contributed by atoms with van der Waals surface area (Å²) in [6, 6.07) is 9.62. The molecule has 5 heteroatoms. The predicted molar refractivity (Wildman–Crippen MR) is 105 cm³/mol. The number of cyclic esters (lactones) is 2. The molecule has 2 atom stereocenters. The summed E-state index contributed by atoms with van der Waals surface area (Å²) in [5.74, 6) is -0.636. The van der Waals surface area contributed by atoms with E-state index in [0.29, 0.717) is 18.8 Å². The molecular formula is C21H28O4S. The van der Waals surface area contributed by atoms with Crippen LogP contribution in [0.5, 0.6) is 0 Å². The fourth-order valence-corrected chi connectivity index (χ4v) is 3.98. The fourth-order valence-electron chi connectivity index (χ4n) is 2.82. The number of hydrogen-bond acceptors (Lipinski definition) is 5. The number of esters is 2.